The molecule has 2 atom stereocenters. The molecule has 0 bridgehead atoms. The van der Waals surface area contributed by atoms with Crippen molar-refractivity contribution in [2.45, 2.75) is 25.6 Å². The van der Waals surface area contributed by atoms with Crippen molar-refractivity contribution in [3.05, 3.63) is 0 Å². The summed E-state index contributed by atoms with van der Waals surface area (Å²) in [4.78, 5) is 26.4. The fourth-order valence-electron chi connectivity index (χ4n) is 1.91. The fourth-order valence-corrected chi connectivity index (χ4v) is 1.91. The van der Waals surface area contributed by atoms with E-state index in [1.54, 1.807) is 11.9 Å². The van der Waals surface area contributed by atoms with Crippen molar-refractivity contribution in [1.29, 1.82) is 0 Å². The summed E-state index contributed by atoms with van der Waals surface area (Å²) >= 11 is 0. The molecule has 2 unspecified atom stereocenters. The summed E-state index contributed by atoms with van der Waals surface area (Å²) in [6.07, 6.45) is -0.746. The molecule has 0 aromatic rings. The molecule has 1 rings (SSSR count). The van der Waals surface area contributed by atoms with Crippen molar-refractivity contribution in [3.8, 4) is 0 Å². The van der Waals surface area contributed by atoms with Gasteiger partial charge in [-0.3, -0.25) is 14.5 Å². The van der Waals surface area contributed by atoms with Gasteiger partial charge in [-0.1, -0.05) is 6.92 Å². The summed E-state index contributed by atoms with van der Waals surface area (Å²) in [5.41, 5.74) is 0. The molecule has 0 aromatic carbocycles. The number of carbonyl (C=O) groups excluding carboxylic acids is 2. The van der Waals surface area contributed by atoms with E-state index in [-0.39, 0.29) is 38.0 Å². The molecule has 2 amide bonds. The van der Waals surface area contributed by atoms with Gasteiger partial charge in [-0.05, 0) is 6.42 Å². The van der Waals surface area contributed by atoms with Crippen molar-refractivity contribution in [2.24, 2.45) is 0 Å². The number of β-amino-alcohol motifs (C(OH)–C–C–N with tert-alkyl or cyclic N) is 2. The van der Waals surface area contributed by atoms with Crippen LogP contribution in [0.1, 0.15) is 13.3 Å². The van der Waals surface area contributed by atoms with Gasteiger partial charge in [-0.2, -0.15) is 0 Å². The van der Waals surface area contributed by atoms with E-state index in [1.165, 1.54) is 4.90 Å². The molecule has 7 nitrogen and oxygen atoms in total. The highest BCUT2D eigenvalue weighted by atomic mass is 16.3. The van der Waals surface area contributed by atoms with Crippen LogP contribution in [0.15, 0.2) is 0 Å². The van der Waals surface area contributed by atoms with Gasteiger partial charge in [-0.15, -0.1) is 0 Å². The summed E-state index contributed by atoms with van der Waals surface area (Å²) in [6.45, 7) is 3.25. The van der Waals surface area contributed by atoms with E-state index in [0.29, 0.717) is 6.54 Å². The Labute approximate surface area is 113 Å². The van der Waals surface area contributed by atoms with Crippen molar-refractivity contribution < 1.29 is 19.8 Å². The van der Waals surface area contributed by atoms with E-state index >= 15 is 0 Å². The van der Waals surface area contributed by atoms with Gasteiger partial charge in [-0.25, -0.2) is 0 Å². The monoisotopic (exact) mass is 273 g/mol. The van der Waals surface area contributed by atoms with Crippen molar-refractivity contribution in [2.75, 3.05) is 39.8 Å². The molecular formula is C12H23N3O4. The molecular weight excluding hydrogens is 250 g/mol. The zero-order valence-electron chi connectivity index (χ0n) is 11.5. The SMILES string of the molecule is CCCNC(=O)CN(C)C(=O)CN1CC(O)C(O)C1. The van der Waals surface area contributed by atoms with Gasteiger partial charge in [0.15, 0.2) is 0 Å². The smallest absolute Gasteiger partial charge is 0.239 e. The number of nitrogens with one attached hydrogen (secondary N) is 1. The number of amides is 2. The van der Waals surface area contributed by atoms with Gasteiger partial charge in [0, 0.05) is 26.7 Å². The first-order valence-corrected chi connectivity index (χ1v) is 6.53. The summed E-state index contributed by atoms with van der Waals surface area (Å²) < 4.78 is 0. The molecule has 1 saturated heterocycles. The minimum Gasteiger partial charge on any atom is -0.389 e. The molecule has 0 aliphatic carbocycles. The van der Waals surface area contributed by atoms with Crippen LogP contribution in [0.5, 0.6) is 0 Å². The van der Waals surface area contributed by atoms with E-state index in [0.717, 1.165) is 6.42 Å². The highest BCUT2D eigenvalue weighted by molar-refractivity contribution is 5.85. The number of carbonyl (C=O) groups is 2. The molecule has 3 N–H and O–H groups in total. The van der Waals surface area contributed by atoms with Crippen molar-refractivity contribution >= 4 is 11.8 Å². The van der Waals surface area contributed by atoms with Crippen molar-refractivity contribution in [3.63, 3.8) is 0 Å². The molecule has 110 valence electrons. The molecule has 0 radical (unpaired) electrons. The number of aliphatic hydroxyl groups excluding tert-OH is 2. The Morgan fingerprint density at radius 3 is 2.42 bits per heavy atom. The Morgan fingerprint density at radius 1 is 1.32 bits per heavy atom. The maximum absolute atomic E-state index is 11.9. The molecule has 19 heavy (non-hydrogen) atoms. The number of nitrogens with zero attached hydrogens (tertiary/aromatic N) is 2. The van der Waals surface area contributed by atoms with Crippen LogP contribution >= 0.6 is 0 Å². The van der Waals surface area contributed by atoms with Gasteiger partial charge < -0.3 is 20.4 Å². The Kier molecular flexibility index (Phi) is 6.20. The third-order valence-corrected chi connectivity index (χ3v) is 3.07. The third kappa shape index (κ3) is 5.14. The Morgan fingerprint density at radius 2 is 1.89 bits per heavy atom. The van der Waals surface area contributed by atoms with E-state index < -0.39 is 12.2 Å². The average Bonchev–Trinajstić information content (AvgIpc) is 2.65. The molecule has 0 aromatic heterocycles. The first kappa shape index (κ1) is 15.9. The largest absolute Gasteiger partial charge is 0.389 e. The predicted molar refractivity (Wildman–Crippen MR) is 69.4 cm³/mol. The van der Waals surface area contributed by atoms with Crippen LogP contribution < -0.4 is 5.32 Å². The van der Waals surface area contributed by atoms with E-state index in [9.17, 15) is 19.8 Å². The highest BCUT2D eigenvalue weighted by Gasteiger charge is 2.31. The zero-order valence-corrected chi connectivity index (χ0v) is 11.5. The molecule has 0 spiro atoms. The van der Waals surface area contributed by atoms with Crippen LogP contribution in [-0.2, 0) is 9.59 Å². The Bertz CT molecular complexity index is 314. The van der Waals surface area contributed by atoms with Crippen LogP contribution in [0.4, 0.5) is 0 Å². The summed E-state index contributed by atoms with van der Waals surface area (Å²) in [6, 6.07) is 0. The van der Waals surface area contributed by atoms with E-state index in [2.05, 4.69) is 5.32 Å². The van der Waals surface area contributed by atoms with Gasteiger partial charge in [0.2, 0.25) is 11.8 Å². The minimum atomic E-state index is -0.800. The minimum absolute atomic E-state index is 0.0256. The quantitative estimate of drug-likeness (QED) is 0.521. The number of likely N-dealkylation sites (N-methyl/N-ethyl adjacent to an activating group) is 1. The summed E-state index contributed by atoms with van der Waals surface area (Å²) in [5.74, 6) is -0.382. The second kappa shape index (κ2) is 7.42. The zero-order chi connectivity index (χ0) is 14.4. The maximum Gasteiger partial charge on any atom is 0.239 e. The molecule has 0 saturated carbocycles. The van der Waals surface area contributed by atoms with Crippen LogP contribution in [0.3, 0.4) is 0 Å². The number of rotatable bonds is 6. The lowest BCUT2D eigenvalue weighted by atomic mass is 10.3. The Hall–Kier alpha value is -1.18. The highest BCUT2D eigenvalue weighted by Crippen LogP contribution is 2.09. The van der Waals surface area contributed by atoms with Gasteiger partial charge in [0.1, 0.15) is 0 Å². The molecule has 1 aliphatic rings. The van der Waals surface area contributed by atoms with Gasteiger partial charge in [0.05, 0.1) is 25.3 Å². The summed E-state index contributed by atoms with van der Waals surface area (Å²) in [5, 5.41) is 21.5. The van der Waals surface area contributed by atoms with Crippen molar-refractivity contribution in [1.82, 2.24) is 15.1 Å². The second-order valence-corrected chi connectivity index (χ2v) is 4.93. The summed E-state index contributed by atoms with van der Waals surface area (Å²) in [7, 11) is 1.57. The lowest BCUT2D eigenvalue weighted by molar-refractivity contribution is -0.135. The van der Waals surface area contributed by atoms with Crippen LogP contribution in [-0.4, -0.2) is 83.8 Å². The standard InChI is InChI=1S/C12H23N3O4/c1-3-4-13-11(18)7-14(2)12(19)8-15-5-9(16)10(17)6-15/h9-10,16-17H,3-8H2,1-2H3,(H,13,18). The average molecular weight is 273 g/mol. The van der Waals surface area contributed by atoms with E-state index in [4.69, 9.17) is 0 Å². The maximum atomic E-state index is 11.9. The number of hydrogen-bond acceptors (Lipinski definition) is 5. The first-order chi connectivity index (χ1) is 8.93. The Balaban J connectivity index is 2.31. The van der Waals surface area contributed by atoms with Crippen LogP contribution in [0.2, 0.25) is 0 Å². The van der Waals surface area contributed by atoms with Gasteiger partial charge in [0.25, 0.3) is 0 Å². The number of likely N-dealkylation sites (tertiary alicyclic amines) is 1. The van der Waals surface area contributed by atoms with E-state index in [1.807, 2.05) is 6.92 Å². The first-order valence-electron chi connectivity index (χ1n) is 6.53. The second-order valence-electron chi connectivity index (χ2n) is 4.93. The predicted octanol–water partition coefficient (Wildman–Crippen LogP) is -1.99. The lowest BCUT2D eigenvalue weighted by Gasteiger charge is -2.20. The van der Waals surface area contributed by atoms with Crippen LogP contribution in [0.25, 0.3) is 0 Å². The number of aliphatic hydroxyl groups is 2. The normalized spacial score (nSPS) is 23.4. The molecule has 7 heteroatoms. The topological polar surface area (TPSA) is 93.1 Å². The third-order valence-electron chi connectivity index (χ3n) is 3.07. The lowest BCUT2D eigenvalue weighted by Crippen LogP contribution is -2.43. The molecule has 1 heterocycles. The number of hydrogen-bond donors (Lipinski definition) is 3. The fraction of sp³-hybridized carbons (Fsp3) is 0.833. The van der Waals surface area contributed by atoms with Gasteiger partial charge >= 0.3 is 0 Å². The molecule has 1 fully saturated rings. The van der Waals surface area contributed by atoms with Crippen LogP contribution in [0, 0.1) is 0 Å². The molecule has 1 aliphatic heterocycles.